The summed E-state index contributed by atoms with van der Waals surface area (Å²) in [4.78, 5) is 16.6. The Morgan fingerprint density at radius 1 is 1.29 bits per heavy atom. The molecular weight excluding hydrogens is 232 g/mol. The van der Waals surface area contributed by atoms with Crippen molar-refractivity contribution in [2.24, 2.45) is 0 Å². The van der Waals surface area contributed by atoms with Crippen LogP contribution in [0.4, 0.5) is 5.69 Å². The van der Waals surface area contributed by atoms with Crippen LogP contribution < -0.4 is 4.90 Å². The van der Waals surface area contributed by atoms with Gasteiger partial charge in [-0.25, -0.2) is 0 Å². The lowest BCUT2D eigenvalue weighted by molar-refractivity contribution is 0.112. The van der Waals surface area contributed by atoms with Crippen molar-refractivity contribution >= 4 is 23.3 Å². The van der Waals surface area contributed by atoms with E-state index in [1.807, 2.05) is 6.07 Å². The van der Waals surface area contributed by atoms with E-state index in [1.54, 1.807) is 11.3 Å². The van der Waals surface area contributed by atoms with E-state index in [0.717, 1.165) is 30.3 Å². The summed E-state index contributed by atoms with van der Waals surface area (Å²) in [6.45, 7) is 4.69. The highest BCUT2D eigenvalue weighted by molar-refractivity contribution is 7.12. The zero-order chi connectivity index (χ0) is 11.7. The summed E-state index contributed by atoms with van der Waals surface area (Å²) in [5, 5.41) is 2.11. The molecule has 3 nitrogen and oxygen atoms in total. The topological polar surface area (TPSA) is 23.6 Å². The predicted octanol–water partition coefficient (Wildman–Crippen LogP) is 2.24. The summed E-state index contributed by atoms with van der Waals surface area (Å²) < 4.78 is 0. The van der Waals surface area contributed by atoms with Gasteiger partial charge in [-0.2, -0.15) is 0 Å². The zero-order valence-electron chi connectivity index (χ0n) is 9.97. The molecule has 92 valence electrons. The molecule has 2 saturated heterocycles. The number of fused-ring (bicyclic) bond motifs is 1. The molecule has 1 atom stereocenters. The number of aldehydes is 1. The summed E-state index contributed by atoms with van der Waals surface area (Å²) in [5.74, 6) is 0. The largest absolute Gasteiger partial charge is 0.368 e. The average Bonchev–Trinajstić information content (AvgIpc) is 2.87. The molecule has 3 rings (SSSR count). The maximum absolute atomic E-state index is 10.7. The van der Waals surface area contributed by atoms with Crippen molar-refractivity contribution < 1.29 is 4.79 Å². The Kier molecular flexibility index (Phi) is 3.16. The van der Waals surface area contributed by atoms with E-state index in [4.69, 9.17) is 0 Å². The lowest BCUT2D eigenvalue weighted by Gasteiger charge is -2.44. The fourth-order valence-electron chi connectivity index (χ4n) is 2.96. The van der Waals surface area contributed by atoms with E-state index in [-0.39, 0.29) is 0 Å². The van der Waals surface area contributed by atoms with Gasteiger partial charge in [0.2, 0.25) is 0 Å². The minimum absolute atomic E-state index is 0.733. The molecule has 0 radical (unpaired) electrons. The van der Waals surface area contributed by atoms with Gasteiger partial charge >= 0.3 is 0 Å². The van der Waals surface area contributed by atoms with E-state index >= 15 is 0 Å². The van der Waals surface area contributed by atoms with Crippen LogP contribution in [0.15, 0.2) is 11.4 Å². The van der Waals surface area contributed by atoms with Crippen molar-refractivity contribution in [3.05, 3.63) is 16.3 Å². The Morgan fingerprint density at radius 3 is 3.06 bits per heavy atom. The highest BCUT2D eigenvalue weighted by Gasteiger charge is 2.29. The summed E-state index contributed by atoms with van der Waals surface area (Å²) in [6.07, 6.45) is 5.02. The van der Waals surface area contributed by atoms with Gasteiger partial charge in [0.25, 0.3) is 0 Å². The minimum Gasteiger partial charge on any atom is -0.368 e. The molecule has 0 saturated carbocycles. The van der Waals surface area contributed by atoms with Crippen LogP contribution in [0, 0.1) is 0 Å². The maximum Gasteiger partial charge on any atom is 0.160 e. The number of piperidine rings is 1. The van der Waals surface area contributed by atoms with Crippen molar-refractivity contribution in [3.63, 3.8) is 0 Å². The summed E-state index contributed by atoms with van der Waals surface area (Å²) in [6, 6.07) is 2.76. The smallest absolute Gasteiger partial charge is 0.160 e. The summed E-state index contributed by atoms with van der Waals surface area (Å²) >= 11 is 1.55. The van der Waals surface area contributed by atoms with Crippen LogP contribution in [0.5, 0.6) is 0 Å². The van der Waals surface area contributed by atoms with Crippen molar-refractivity contribution in [2.45, 2.75) is 25.3 Å². The first kappa shape index (κ1) is 11.2. The molecule has 2 fully saturated rings. The Morgan fingerprint density at radius 2 is 2.24 bits per heavy atom. The molecule has 0 spiro atoms. The number of hydrogen-bond donors (Lipinski definition) is 0. The van der Waals surface area contributed by atoms with Gasteiger partial charge < -0.3 is 4.90 Å². The fourth-order valence-corrected chi connectivity index (χ4v) is 3.68. The molecule has 1 aromatic heterocycles. The average molecular weight is 250 g/mol. The highest BCUT2D eigenvalue weighted by atomic mass is 32.1. The Labute approximate surface area is 106 Å². The number of hydrogen-bond acceptors (Lipinski definition) is 4. The monoisotopic (exact) mass is 250 g/mol. The van der Waals surface area contributed by atoms with Gasteiger partial charge in [-0.1, -0.05) is 6.42 Å². The quantitative estimate of drug-likeness (QED) is 0.752. The maximum atomic E-state index is 10.7. The van der Waals surface area contributed by atoms with E-state index in [0.29, 0.717) is 0 Å². The number of carbonyl (C=O) groups excluding carboxylic acids is 1. The molecule has 0 N–H and O–H groups in total. The van der Waals surface area contributed by atoms with Gasteiger partial charge in [-0.3, -0.25) is 9.69 Å². The van der Waals surface area contributed by atoms with Gasteiger partial charge in [-0.05, 0) is 25.5 Å². The first-order valence-electron chi connectivity index (χ1n) is 6.39. The SMILES string of the molecule is O=Cc1cc(N2CCN3CCCCC3C2)cs1. The number of piperazine rings is 1. The van der Waals surface area contributed by atoms with Gasteiger partial charge in [0.15, 0.2) is 6.29 Å². The van der Waals surface area contributed by atoms with Crippen molar-refractivity contribution in [1.82, 2.24) is 4.90 Å². The van der Waals surface area contributed by atoms with E-state index in [1.165, 1.54) is 38.0 Å². The van der Waals surface area contributed by atoms with E-state index < -0.39 is 0 Å². The van der Waals surface area contributed by atoms with Crippen molar-refractivity contribution in [1.29, 1.82) is 0 Å². The Bertz CT molecular complexity index is 404. The Balaban J connectivity index is 1.70. The molecule has 2 aliphatic rings. The third-order valence-electron chi connectivity index (χ3n) is 3.92. The van der Waals surface area contributed by atoms with Crippen LogP contribution in [0.25, 0.3) is 0 Å². The normalized spacial score (nSPS) is 25.6. The molecular formula is C13H18N2OS. The molecule has 0 amide bonds. The zero-order valence-corrected chi connectivity index (χ0v) is 10.8. The molecule has 0 bridgehead atoms. The summed E-state index contributed by atoms with van der Waals surface area (Å²) in [7, 11) is 0. The molecule has 3 heterocycles. The third-order valence-corrected chi connectivity index (χ3v) is 4.77. The fraction of sp³-hybridized carbons (Fsp3) is 0.615. The standard InChI is InChI=1S/C13H18N2OS/c16-9-13-7-12(10-17-13)15-6-5-14-4-2-1-3-11(14)8-15/h7,9-11H,1-6,8H2. The van der Waals surface area contributed by atoms with Crippen LogP contribution in [0.2, 0.25) is 0 Å². The first-order valence-corrected chi connectivity index (χ1v) is 7.27. The highest BCUT2D eigenvalue weighted by Crippen LogP contribution is 2.27. The molecule has 1 unspecified atom stereocenters. The van der Waals surface area contributed by atoms with Crippen molar-refractivity contribution in [2.75, 3.05) is 31.1 Å². The van der Waals surface area contributed by atoms with Gasteiger partial charge in [0, 0.05) is 36.7 Å². The number of anilines is 1. The van der Waals surface area contributed by atoms with E-state index in [9.17, 15) is 4.79 Å². The number of carbonyl (C=O) groups is 1. The molecule has 17 heavy (non-hydrogen) atoms. The van der Waals surface area contributed by atoms with E-state index in [2.05, 4.69) is 15.2 Å². The minimum atomic E-state index is 0.733. The lowest BCUT2D eigenvalue weighted by Crippen LogP contribution is -2.54. The number of nitrogens with zero attached hydrogens (tertiary/aromatic N) is 2. The molecule has 4 heteroatoms. The van der Waals surface area contributed by atoms with Gasteiger partial charge in [0.1, 0.15) is 0 Å². The lowest BCUT2D eigenvalue weighted by atomic mass is 9.99. The van der Waals surface area contributed by atoms with Crippen LogP contribution in [-0.4, -0.2) is 43.4 Å². The molecule has 2 aliphatic heterocycles. The second kappa shape index (κ2) is 4.78. The van der Waals surface area contributed by atoms with Gasteiger partial charge in [0.05, 0.1) is 4.88 Å². The molecule has 0 aromatic carbocycles. The third kappa shape index (κ3) is 2.24. The second-order valence-corrected chi connectivity index (χ2v) is 5.90. The second-order valence-electron chi connectivity index (χ2n) is 4.96. The number of rotatable bonds is 2. The van der Waals surface area contributed by atoms with Crippen LogP contribution in [-0.2, 0) is 0 Å². The van der Waals surface area contributed by atoms with Crippen molar-refractivity contribution in [3.8, 4) is 0 Å². The van der Waals surface area contributed by atoms with Gasteiger partial charge in [-0.15, -0.1) is 11.3 Å². The van der Waals surface area contributed by atoms with Crippen LogP contribution in [0.1, 0.15) is 28.9 Å². The Hall–Kier alpha value is -0.870. The van der Waals surface area contributed by atoms with Crippen LogP contribution in [0.3, 0.4) is 0 Å². The first-order chi connectivity index (χ1) is 8.36. The van der Waals surface area contributed by atoms with Crippen LogP contribution >= 0.6 is 11.3 Å². The number of thiophene rings is 1. The summed E-state index contributed by atoms with van der Waals surface area (Å²) in [5.41, 5.74) is 1.24. The predicted molar refractivity (Wildman–Crippen MR) is 71.1 cm³/mol. The molecule has 1 aromatic rings. The molecule has 0 aliphatic carbocycles.